The highest BCUT2D eigenvalue weighted by Gasteiger charge is 2.19. The van der Waals surface area contributed by atoms with Crippen molar-refractivity contribution in [3.05, 3.63) is 42.8 Å². The molecule has 0 saturated carbocycles. The van der Waals surface area contributed by atoms with E-state index in [4.69, 9.17) is 4.74 Å². The van der Waals surface area contributed by atoms with Crippen LogP contribution in [-0.4, -0.2) is 6.61 Å². The fraction of sp³-hybridized carbons (Fsp3) is 0.500. The average molecular weight is 205 g/mol. The van der Waals surface area contributed by atoms with Gasteiger partial charge in [0.05, 0.1) is 13.2 Å². The van der Waals surface area contributed by atoms with E-state index in [0.717, 1.165) is 6.61 Å². The number of benzene rings is 1. The maximum Gasteiger partial charge on any atom is 0.0717 e. The first-order valence-corrected chi connectivity index (χ1v) is 5.45. The molecule has 1 aromatic rings. The summed E-state index contributed by atoms with van der Waals surface area (Å²) in [6.45, 7) is 12.1. The highest BCUT2D eigenvalue weighted by atomic mass is 16.5. The molecular weight excluding hydrogens is 184 g/mol. The van der Waals surface area contributed by atoms with Crippen LogP contribution in [0.4, 0.5) is 0 Å². The lowest BCUT2D eigenvalue weighted by Gasteiger charge is -2.26. The largest absolute Gasteiger partial charge is 0.376 e. The van der Waals surface area contributed by atoms with Crippen molar-refractivity contribution in [2.24, 2.45) is 11.3 Å². The van der Waals surface area contributed by atoms with Gasteiger partial charge < -0.3 is 4.74 Å². The lowest BCUT2D eigenvalue weighted by Crippen LogP contribution is -2.22. The summed E-state index contributed by atoms with van der Waals surface area (Å²) in [6.07, 6.45) is 0. The summed E-state index contributed by atoms with van der Waals surface area (Å²) in [5.74, 6) is 0.334. The van der Waals surface area contributed by atoms with E-state index in [1.54, 1.807) is 0 Å². The smallest absolute Gasteiger partial charge is 0.0717 e. The molecule has 1 unspecified atom stereocenters. The quantitative estimate of drug-likeness (QED) is 0.728. The van der Waals surface area contributed by atoms with Crippen molar-refractivity contribution in [3.63, 3.8) is 0 Å². The second-order valence-corrected chi connectivity index (χ2v) is 5.06. The first-order chi connectivity index (χ1) is 7.00. The van der Waals surface area contributed by atoms with E-state index in [9.17, 15) is 0 Å². The number of rotatable bonds is 4. The molecule has 0 N–H and O–H groups in total. The topological polar surface area (TPSA) is 9.23 Å². The molecule has 0 aliphatic heterocycles. The molecular formula is C14H21O. The van der Waals surface area contributed by atoms with Crippen LogP contribution in [0, 0.1) is 18.3 Å². The van der Waals surface area contributed by atoms with Gasteiger partial charge in [-0.3, -0.25) is 0 Å². The molecule has 1 radical (unpaired) electrons. The highest BCUT2D eigenvalue weighted by Crippen LogP contribution is 2.25. The van der Waals surface area contributed by atoms with Crippen molar-refractivity contribution in [1.29, 1.82) is 0 Å². The molecule has 15 heavy (non-hydrogen) atoms. The number of hydrogen-bond donors (Lipinski definition) is 0. The Hall–Kier alpha value is -0.820. The molecule has 0 spiro atoms. The monoisotopic (exact) mass is 205 g/mol. The van der Waals surface area contributed by atoms with Gasteiger partial charge in [-0.15, -0.1) is 0 Å². The van der Waals surface area contributed by atoms with Gasteiger partial charge >= 0.3 is 0 Å². The number of ether oxygens (including phenoxy) is 1. The average Bonchev–Trinajstić information content (AvgIpc) is 2.18. The van der Waals surface area contributed by atoms with Crippen molar-refractivity contribution in [1.82, 2.24) is 0 Å². The predicted octanol–water partition coefficient (Wildman–Crippen LogP) is 3.70. The van der Waals surface area contributed by atoms with Crippen LogP contribution in [0.5, 0.6) is 0 Å². The third-order valence-electron chi connectivity index (χ3n) is 2.66. The highest BCUT2D eigenvalue weighted by molar-refractivity contribution is 5.13. The van der Waals surface area contributed by atoms with Crippen LogP contribution in [0.25, 0.3) is 0 Å². The molecule has 1 aromatic carbocycles. The lowest BCUT2D eigenvalue weighted by atomic mass is 9.83. The van der Waals surface area contributed by atoms with Gasteiger partial charge in [-0.2, -0.15) is 0 Å². The van der Waals surface area contributed by atoms with Gasteiger partial charge in [-0.05, 0) is 23.8 Å². The zero-order valence-electron chi connectivity index (χ0n) is 9.99. The summed E-state index contributed by atoms with van der Waals surface area (Å²) in [6, 6.07) is 10.2. The van der Waals surface area contributed by atoms with Crippen molar-refractivity contribution in [2.45, 2.75) is 27.4 Å². The van der Waals surface area contributed by atoms with Crippen molar-refractivity contribution < 1.29 is 4.74 Å². The van der Waals surface area contributed by atoms with Gasteiger partial charge in [0.15, 0.2) is 0 Å². The zero-order valence-corrected chi connectivity index (χ0v) is 9.99. The van der Waals surface area contributed by atoms with E-state index in [0.29, 0.717) is 12.5 Å². The third-order valence-corrected chi connectivity index (χ3v) is 2.66. The van der Waals surface area contributed by atoms with Crippen molar-refractivity contribution in [2.75, 3.05) is 6.61 Å². The molecule has 0 saturated heterocycles. The molecule has 1 atom stereocenters. The van der Waals surface area contributed by atoms with Gasteiger partial charge in [0, 0.05) is 0 Å². The van der Waals surface area contributed by atoms with E-state index in [1.165, 1.54) is 5.56 Å². The zero-order chi connectivity index (χ0) is 11.3. The summed E-state index contributed by atoms with van der Waals surface area (Å²) < 4.78 is 5.65. The second-order valence-electron chi connectivity index (χ2n) is 5.06. The maximum absolute atomic E-state index is 5.65. The van der Waals surface area contributed by atoms with Crippen LogP contribution < -0.4 is 0 Å². The molecule has 0 amide bonds. The van der Waals surface area contributed by atoms with Crippen molar-refractivity contribution in [3.8, 4) is 0 Å². The van der Waals surface area contributed by atoms with E-state index in [1.807, 2.05) is 18.2 Å². The Morgan fingerprint density at radius 2 is 1.80 bits per heavy atom. The van der Waals surface area contributed by atoms with Gasteiger partial charge in [0.2, 0.25) is 0 Å². The Kier molecular flexibility index (Phi) is 4.34. The summed E-state index contributed by atoms with van der Waals surface area (Å²) >= 11 is 0. The van der Waals surface area contributed by atoms with Crippen LogP contribution in [-0.2, 0) is 11.3 Å². The van der Waals surface area contributed by atoms with Crippen molar-refractivity contribution >= 4 is 0 Å². The normalized spacial score (nSPS) is 13.9. The van der Waals surface area contributed by atoms with E-state index >= 15 is 0 Å². The molecule has 0 fully saturated rings. The maximum atomic E-state index is 5.65. The Bertz CT molecular complexity index is 271. The standard InChI is InChI=1S/C14H21O/c1-12(14(2,3)4)10-15-11-13-8-6-5-7-9-13/h5-9,12H,1,10-11H2,2-4H3. The Morgan fingerprint density at radius 3 is 2.33 bits per heavy atom. The Balaban J connectivity index is 2.28. The fourth-order valence-corrected chi connectivity index (χ4v) is 1.14. The first kappa shape index (κ1) is 12.3. The van der Waals surface area contributed by atoms with Crippen LogP contribution >= 0.6 is 0 Å². The summed E-state index contributed by atoms with van der Waals surface area (Å²) in [7, 11) is 0. The SMILES string of the molecule is [CH2]C(COCc1ccccc1)C(C)(C)C. The molecule has 83 valence electrons. The fourth-order valence-electron chi connectivity index (χ4n) is 1.14. The van der Waals surface area contributed by atoms with Gasteiger partial charge in [0.1, 0.15) is 0 Å². The minimum Gasteiger partial charge on any atom is -0.376 e. The molecule has 1 heteroatoms. The lowest BCUT2D eigenvalue weighted by molar-refractivity contribution is 0.0645. The van der Waals surface area contributed by atoms with Crippen LogP contribution in [0.1, 0.15) is 26.3 Å². The third kappa shape index (κ3) is 4.48. The van der Waals surface area contributed by atoms with Gasteiger partial charge in [0.25, 0.3) is 0 Å². The van der Waals surface area contributed by atoms with Crippen LogP contribution in [0.3, 0.4) is 0 Å². The molecule has 1 rings (SSSR count). The molecule has 0 aliphatic carbocycles. The predicted molar refractivity (Wildman–Crippen MR) is 64.4 cm³/mol. The summed E-state index contributed by atoms with van der Waals surface area (Å²) in [5.41, 5.74) is 1.44. The molecule has 0 heterocycles. The molecule has 0 bridgehead atoms. The molecule has 0 aliphatic rings. The number of hydrogen-bond acceptors (Lipinski definition) is 1. The Labute approximate surface area is 93.5 Å². The van der Waals surface area contributed by atoms with Crippen LogP contribution in [0.15, 0.2) is 30.3 Å². The summed E-state index contributed by atoms with van der Waals surface area (Å²) in [4.78, 5) is 0. The molecule has 0 aromatic heterocycles. The van der Waals surface area contributed by atoms with E-state index < -0.39 is 0 Å². The summed E-state index contributed by atoms with van der Waals surface area (Å²) in [5, 5.41) is 0. The van der Waals surface area contributed by atoms with E-state index in [2.05, 4.69) is 39.8 Å². The first-order valence-electron chi connectivity index (χ1n) is 5.45. The molecule has 1 nitrogen and oxygen atoms in total. The second kappa shape index (κ2) is 5.32. The minimum atomic E-state index is 0.219. The van der Waals surface area contributed by atoms with Gasteiger partial charge in [-0.1, -0.05) is 51.1 Å². The Morgan fingerprint density at radius 1 is 1.20 bits per heavy atom. The van der Waals surface area contributed by atoms with Crippen LogP contribution in [0.2, 0.25) is 0 Å². The minimum absolute atomic E-state index is 0.219. The van der Waals surface area contributed by atoms with Gasteiger partial charge in [-0.25, -0.2) is 0 Å². The van der Waals surface area contributed by atoms with E-state index in [-0.39, 0.29) is 5.41 Å².